The Kier molecular flexibility index (Phi) is 5.75. The maximum Gasteiger partial charge on any atom is 0.283 e. The molecule has 4 rings (SSSR count). The van der Waals surface area contributed by atoms with Crippen molar-refractivity contribution in [2.24, 2.45) is 5.84 Å². The van der Waals surface area contributed by atoms with Crippen molar-refractivity contribution < 1.29 is 9.59 Å². The number of pyridine rings is 1. The molecule has 156 valence electrons. The molecular formula is C22H20N6O2S. The first kappa shape index (κ1) is 20.7. The van der Waals surface area contributed by atoms with Gasteiger partial charge in [0.1, 0.15) is 10.7 Å². The second-order valence-corrected chi connectivity index (χ2v) is 8.13. The van der Waals surface area contributed by atoms with Crippen LogP contribution < -0.4 is 11.3 Å². The minimum Gasteiger partial charge on any atom is -0.329 e. The minimum absolute atomic E-state index is 0.0110. The Morgan fingerprint density at radius 2 is 2.10 bits per heavy atom. The molecule has 0 saturated carbocycles. The molecule has 0 unspecified atom stereocenters. The molecule has 2 amide bonds. The van der Waals surface area contributed by atoms with Gasteiger partial charge in [0, 0.05) is 28.7 Å². The summed E-state index contributed by atoms with van der Waals surface area (Å²) in [7, 11) is 0. The maximum absolute atomic E-state index is 13.5. The summed E-state index contributed by atoms with van der Waals surface area (Å²) in [6, 6.07) is 12.0. The predicted molar refractivity (Wildman–Crippen MR) is 116 cm³/mol. The smallest absolute Gasteiger partial charge is 0.283 e. The highest BCUT2D eigenvalue weighted by molar-refractivity contribution is 7.09. The van der Waals surface area contributed by atoms with Gasteiger partial charge >= 0.3 is 0 Å². The molecular weight excluding hydrogens is 412 g/mol. The number of nitriles is 1. The van der Waals surface area contributed by atoms with Gasteiger partial charge < -0.3 is 4.90 Å². The van der Waals surface area contributed by atoms with Crippen LogP contribution in [0.25, 0.3) is 11.3 Å². The third-order valence-electron chi connectivity index (χ3n) is 5.19. The van der Waals surface area contributed by atoms with Gasteiger partial charge in [-0.2, -0.15) is 5.26 Å². The number of benzene rings is 1. The molecule has 1 atom stereocenters. The topological polar surface area (TPSA) is 125 Å². The highest BCUT2D eigenvalue weighted by Crippen LogP contribution is 2.35. The lowest BCUT2D eigenvalue weighted by molar-refractivity contribution is 0.0735. The van der Waals surface area contributed by atoms with Crippen molar-refractivity contribution in [2.45, 2.75) is 25.8 Å². The maximum atomic E-state index is 13.5. The van der Waals surface area contributed by atoms with Gasteiger partial charge in [-0.3, -0.25) is 15.0 Å². The van der Waals surface area contributed by atoms with Crippen molar-refractivity contribution in [3.05, 3.63) is 69.3 Å². The van der Waals surface area contributed by atoms with Gasteiger partial charge in [0.05, 0.1) is 23.4 Å². The normalized spacial score (nSPS) is 15.5. The summed E-state index contributed by atoms with van der Waals surface area (Å²) in [5.41, 5.74) is 4.62. The summed E-state index contributed by atoms with van der Waals surface area (Å²) >= 11 is 1.55. The van der Waals surface area contributed by atoms with Crippen LogP contribution in [0, 0.1) is 18.3 Å². The van der Waals surface area contributed by atoms with Crippen LogP contribution in [-0.2, 0) is 0 Å². The number of aromatic nitrogens is 2. The number of hydrazine groups is 1. The molecule has 31 heavy (non-hydrogen) atoms. The fourth-order valence-corrected chi connectivity index (χ4v) is 4.69. The van der Waals surface area contributed by atoms with E-state index in [1.54, 1.807) is 46.6 Å². The van der Waals surface area contributed by atoms with E-state index in [4.69, 9.17) is 5.84 Å². The number of thiazole rings is 1. The van der Waals surface area contributed by atoms with E-state index >= 15 is 0 Å². The number of amides is 2. The van der Waals surface area contributed by atoms with Gasteiger partial charge in [-0.15, -0.1) is 11.3 Å². The number of carbonyl (C=O) groups is 2. The molecule has 3 heterocycles. The SMILES string of the molecule is Cc1csc([C@H]2CCCN2C(=O)c2cc(C(=O)NN)nc(-c3ccccc3C#N)c2)n1. The van der Waals surface area contributed by atoms with E-state index in [2.05, 4.69) is 21.5 Å². The molecule has 1 saturated heterocycles. The molecule has 9 heteroatoms. The van der Waals surface area contributed by atoms with E-state index in [-0.39, 0.29) is 17.6 Å². The number of nitrogens with zero attached hydrogens (tertiary/aromatic N) is 4. The van der Waals surface area contributed by atoms with Gasteiger partial charge in [0.2, 0.25) is 0 Å². The fourth-order valence-electron chi connectivity index (χ4n) is 3.74. The molecule has 1 aromatic carbocycles. The largest absolute Gasteiger partial charge is 0.329 e. The van der Waals surface area contributed by atoms with Crippen LogP contribution in [0.2, 0.25) is 0 Å². The van der Waals surface area contributed by atoms with Crippen molar-refractivity contribution >= 4 is 23.2 Å². The van der Waals surface area contributed by atoms with E-state index in [1.807, 2.05) is 12.3 Å². The number of carbonyl (C=O) groups excluding carboxylic acids is 2. The van der Waals surface area contributed by atoms with Crippen molar-refractivity contribution in [1.29, 1.82) is 5.26 Å². The second kappa shape index (κ2) is 8.63. The average molecular weight is 433 g/mol. The van der Waals surface area contributed by atoms with Crippen molar-refractivity contribution in [3.63, 3.8) is 0 Å². The zero-order chi connectivity index (χ0) is 22.0. The van der Waals surface area contributed by atoms with Crippen LogP contribution in [0.15, 0.2) is 41.8 Å². The van der Waals surface area contributed by atoms with E-state index in [1.165, 1.54) is 6.07 Å². The van der Waals surface area contributed by atoms with E-state index in [0.717, 1.165) is 23.5 Å². The summed E-state index contributed by atoms with van der Waals surface area (Å²) in [6.45, 7) is 2.54. The first-order valence-electron chi connectivity index (χ1n) is 9.77. The molecule has 2 aromatic heterocycles. The lowest BCUT2D eigenvalue weighted by Gasteiger charge is -2.23. The Bertz CT molecular complexity index is 1200. The molecule has 1 fully saturated rings. The standard InChI is InChI=1S/C22H20N6O2S/c1-13-12-31-21(25-13)19-7-4-8-28(19)22(30)15-9-17(26-18(10-15)20(29)27-24)16-6-3-2-5-14(16)11-23/h2-3,5-6,9-10,12,19H,4,7-8,24H2,1H3,(H,27,29)/t19-/m1/s1. The molecule has 0 radical (unpaired) electrons. The van der Waals surface area contributed by atoms with Crippen molar-refractivity contribution in [1.82, 2.24) is 20.3 Å². The molecule has 3 N–H and O–H groups in total. The van der Waals surface area contributed by atoms with Crippen LogP contribution in [0.1, 0.15) is 56.0 Å². The molecule has 0 spiro atoms. The zero-order valence-corrected chi connectivity index (χ0v) is 17.6. The molecule has 0 aliphatic carbocycles. The lowest BCUT2D eigenvalue weighted by atomic mass is 10.0. The van der Waals surface area contributed by atoms with Gasteiger partial charge in [0.15, 0.2) is 0 Å². The number of hydrogen-bond donors (Lipinski definition) is 2. The number of nitrogen functional groups attached to an aromatic ring is 1. The molecule has 3 aromatic rings. The van der Waals surface area contributed by atoms with Gasteiger partial charge in [-0.1, -0.05) is 18.2 Å². The van der Waals surface area contributed by atoms with Crippen LogP contribution in [0.3, 0.4) is 0 Å². The first-order chi connectivity index (χ1) is 15.0. The Morgan fingerprint density at radius 3 is 2.81 bits per heavy atom. The number of nitrogens with one attached hydrogen (secondary N) is 1. The van der Waals surface area contributed by atoms with Crippen LogP contribution in [-0.4, -0.2) is 33.2 Å². The number of likely N-dealkylation sites (tertiary alicyclic amines) is 1. The van der Waals surface area contributed by atoms with Crippen LogP contribution in [0.5, 0.6) is 0 Å². The Morgan fingerprint density at radius 1 is 1.29 bits per heavy atom. The fraction of sp³-hybridized carbons (Fsp3) is 0.227. The molecule has 1 aliphatic heterocycles. The van der Waals surface area contributed by atoms with Gasteiger partial charge in [-0.25, -0.2) is 15.8 Å². The lowest BCUT2D eigenvalue weighted by Crippen LogP contribution is -2.33. The highest BCUT2D eigenvalue weighted by atomic mass is 32.1. The quantitative estimate of drug-likeness (QED) is 0.371. The van der Waals surface area contributed by atoms with Gasteiger partial charge in [-0.05, 0) is 38.0 Å². The van der Waals surface area contributed by atoms with Crippen LogP contribution in [0.4, 0.5) is 0 Å². The summed E-state index contributed by atoms with van der Waals surface area (Å²) in [6.07, 6.45) is 1.71. The summed E-state index contributed by atoms with van der Waals surface area (Å²) in [5, 5.41) is 12.3. The monoisotopic (exact) mass is 432 g/mol. The van der Waals surface area contributed by atoms with Crippen molar-refractivity contribution in [2.75, 3.05) is 6.54 Å². The number of aryl methyl sites for hydroxylation is 1. The zero-order valence-electron chi connectivity index (χ0n) is 16.8. The number of hydrogen-bond acceptors (Lipinski definition) is 7. The summed E-state index contributed by atoms with van der Waals surface area (Å²) in [5.74, 6) is 4.48. The van der Waals surface area contributed by atoms with Crippen LogP contribution >= 0.6 is 11.3 Å². The third-order valence-corrected chi connectivity index (χ3v) is 6.26. The third kappa shape index (κ3) is 4.03. The Hall–Kier alpha value is -3.61. The number of nitrogens with two attached hydrogens (primary N) is 1. The average Bonchev–Trinajstić information content (AvgIpc) is 3.46. The molecule has 1 aliphatic rings. The predicted octanol–water partition coefficient (Wildman–Crippen LogP) is 2.97. The Balaban J connectivity index is 1.77. The summed E-state index contributed by atoms with van der Waals surface area (Å²) in [4.78, 5) is 36.4. The molecule has 0 bridgehead atoms. The molecule has 8 nitrogen and oxygen atoms in total. The minimum atomic E-state index is -0.612. The van der Waals surface area contributed by atoms with Crippen molar-refractivity contribution in [3.8, 4) is 17.3 Å². The Labute approximate surface area is 183 Å². The van der Waals surface area contributed by atoms with E-state index in [0.29, 0.717) is 28.9 Å². The van der Waals surface area contributed by atoms with E-state index < -0.39 is 5.91 Å². The van der Waals surface area contributed by atoms with Gasteiger partial charge in [0.25, 0.3) is 11.8 Å². The summed E-state index contributed by atoms with van der Waals surface area (Å²) < 4.78 is 0. The second-order valence-electron chi connectivity index (χ2n) is 7.24. The first-order valence-corrected chi connectivity index (χ1v) is 10.7. The van der Waals surface area contributed by atoms with E-state index in [9.17, 15) is 14.9 Å². The highest BCUT2D eigenvalue weighted by Gasteiger charge is 2.33. The number of rotatable bonds is 4.